The monoisotopic (exact) mass is 330 g/mol. The molecule has 0 aromatic carbocycles. The number of piperidine rings is 1. The Bertz CT molecular complexity index is 544. The highest BCUT2D eigenvalue weighted by Crippen LogP contribution is 2.32. The molecule has 1 aliphatic heterocycles. The van der Waals surface area contributed by atoms with Crippen molar-refractivity contribution in [3.63, 3.8) is 0 Å². The van der Waals surface area contributed by atoms with Crippen molar-refractivity contribution in [2.45, 2.75) is 62.7 Å². The molecule has 2 unspecified atom stereocenters. The van der Waals surface area contributed by atoms with E-state index in [4.69, 9.17) is 0 Å². The summed E-state index contributed by atoms with van der Waals surface area (Å²) in [6.07, 6.45) is 3.93. The smallest absolute Gasteiger partial charge is 0.253 e. The maximum absolute atomic E-state index is 12.9. The number of rotatable bonds is 6. The molecular weight excluding hydrogens is 304 g/mol. The van der Waals surface area contributed by atoms with E-state index in [9.17, 15) is 8.42 Å². The Morgan fingerprint density at radius 2 is 1.95 bits per heavy atom. The third-order valence-electron chi connectivity index (χ3n) is 4.08. The van der Waals surface area contributed by atoms with Gasteiger partial charge in [0.05, 0.1) is 0 Å². The van der Waals surface area contributed by atoms with E-state index in [2.05, 4.69) is 12.2 Å². The van der Waals surface area contributed by atoms with E-state index in [1.54, 1.807) is 10.4 Å². The van der Waals surface area contributed by atoms with Gasteiger partial charge in [0.1, 0.15) is 4.21 Å². The lowest BCUT2D eigenvalue weighted by Crippen LogP contribution is -2.47. The third-order valence-corrected chi connectivity index (χ3v) is 7.82. The van der Waals surface area contributed by atoms with E-state index in [-0.39, 0.29) is 12.1 Å². The van der Waals surface area contributed by atoms with E-state index in [0.29, 0.717) is 4.21 Å². The second kappa shape index (κ2) is 7.22. The Kier molecular flexibility index (Phi) is 5.82. The maximum atomic E-state index is 12.9. The molecule has 120 valence electrons. The van der Waals surface area contributed by atoms with Gasteiger partial charge in [-0.3, -0.25) is 0 Å². The first-order valence-corrected chi connectivity index (χ1v) is 10.1. The Labute approximate surface area is 132 Å². The number of hydrogen-bond acceptors (Lipinski definition) is 4. The van der Waals surface area contributed by atoms with E-state index in [1.807, 2.05) is 19.9 Å². The highest BCUT2D eigenvalue weighted by atomic mass is 32.2. The zero-order valence-electron chi connectivity index (χ0n) is 13.1. The lowest BCUT2D eigenvalue weighted by Gasteiger charge is -2.37. The highest BCUT2D eigenvalue weighted by molar-refractivity contribution is 7.91. The molecular formula is C15H26N2O2S2. The number of likely N-dealkylation sites (N-methyl/N-ethyl adjacent to an activating group) is 1. The first-order chi connectivity index (χ1) is 9.96. The van der Waals surface area contributed by atoms with Gasteiger partial charge in [0.2, 0.25) is 0 Å². The summed E-state index contributed by atoms with van der Waals surface area (Å²) in [5.41, 5.74) is 0. The molecule has 21 heavy (non-hydrogen) atoms. The average molecular weight is 331 g/mol. The fourth-order valence-electron chi connectivity index (χ4n) is 2.99. The van der Waals surface area contributed by atoms with Crippen molar-refractivity contribution in [1.82, 2.24) is 9.62 Å². The van der Waals surface area contributed by atoms with E-state index >= 15 is 0 Å². The summed E-state index contributed by atoms with van der Waals surface area (Å²) in [6.45, 7) is 7.95. The van der Waals surface area contributed by atoms with Gasteiger partial charge in [-0.25, -0.2) is 8.42 Å². The molecule has 1 fully saturated rings. The van der Waals surface area contributed by atoms with Gasteiger partial charge < -0.3 is 5.32 Å². The van der Waals surface area contributed by atoms with Crippen LogP contribution < -0.4 is 5.32 Å². The van der Waals surface area contributed by atoms with Crippen LogP contribution in [0.2, 0.25) is 0 Å². The molecule has 1 aromatic rings. The van der Waals surface area contributed by atoms with Crippen molar-refractivity contribution < 1.29 is 8.42 Å². The van der Waals surface area contributed by atoms with Gasteiger partial charge in [-0.1, -0.05) is 13.3 Å². The standard InChI is InChI=1S/C15H26N2O2S2/c1-4-16-11-10-14-8-9-15(20-14)21(18,19)17-12(2)6-5-7-13(17)3/h8-9,12-13,16H,4-7,10-11H2,1-3H3. The molecule has 0 radical (unpaired) electrons. The molecule has 2 rings (SSSR count). The lowest BCUT2D eigenvalue weighted by molar-refractivity contribution is 0.204. The maximum Gasteiger partial charge on any atom is 0.253 e. The summed E-state index contributed by atoms with van der Waals surface area (Å²) in [4.78, 5) is 1.13. The summed E-state index contributed by atoms with van der Waals surface area (Å²) in [5.74, 6) is 0. The lowest BCUT2D eigenvalue weighted by atomic mass is 10.0. The van der Waals surface area contributed by atoms with Gasteiger partial charge in [0.25, 0.3) is 10.0 Å². The minimum atomic E-state index is -3.34. The van der Waals surface area contributed by atoms with Crippen LogP contribution in [0.3, 0.4) is 0 Å². The molecule has 1 aromatic heterocycles. The number of sulfonamides is 1. The minimum absolute atomic E-state index is 0.103. The van der Waals surface area contributed by atoms with Crippen LogP contribution in [0.5, 0.6) is 0 Å². The molecule has 4 nitrogen and oxygen atoms in total. The van der Waals surface area contributed by atoms with Crippen LogP contribution in [-0.4, -0.2) is 37.9 Å². The van der Waals surface area contributed by atoms with Gasteiger partial charge >= 0.3 is 0 Å². The number of hydrogen-bond donors (Lipinski definition) is 1. The minimum Gasteiger partial charge on any atom is -0.317 e. The van der Waals surface area contributed by atoms with Crippen molar-refractivity contribution in [3.8, 4) is 0 Å². The van der Waals surface area contributed by atoms with E-state index in [0.717, 1.165) is 43.6 Å². The van der Waals surface area contributed by atoms with Gasteiger partial charge in [-0.15, -0.1) is 11.3 Å². The zero-order valence-corrected chi connectivity index (χ0v) is 14.8. The van der Waals surface area contributed by atoms with E-state index < -0.39 is 10.0 Å². The molecule has 0 saturated carbocycles. The largest absolute Gasteiger partial charge is 0.317 e. The van der Waals surface area contributed by atoms with Gasteiger partial charge in [0.15, 0.2) is 0 Å². The predicted octanol–water partition coefficient (Wildman–Crippen LogP) is 2.85. The quantitative estimate of drug-likeness (QED) is 0.816. The first-order valence-electron chi connectivity index (χ1n) is 7.79. The third kappa shape index (κ3) is 3.86. The fourth-order valence-corrected chi connectivity index (χ4v) is 6.34. The Morgan fingerprint density at radius 3 is 2.57 bits per heavy atom. The second-order valence-corrected chi connectivity index (χ2v) is 9.03. The van der Waals surface area contributed by atoms with Crippen LogP contribution in [0.15, 0.2) is 16.3 Å². The predicted molar refractivity (Wildman–Crippen MR) is 88.4 cm³/mol. The molecule has 2 atom stereocenters. The van der Waals surface area contributed by atoms with E-state index in [1.165, 1.54) is 11.3 Å². The number of thiophene rings is 1. The van der Waals surface area contributed by atoms with Gasteiger partial charge in [0, 0.05) is 17.0 Å². The SMILES string of the molecule is CCNCCc1ccc(S(=O)(=O)N2C(C)CCCC2C)s1. The normalized spacial score (nSPS) is 24.3. The molecule has 0 amide bonds. The molecule has 2 heterocycles. The van der Waals surface area contributed by atoms with Crippen molar-refractivity contribution >= 4 is 21.4 Å². The zero-order chi connectivity index (χ0) is 15.5. The molecule has 0 aliphatic carbocycles. The summed E-state index contributed by atoms with van der Waals surface area (Å²) >= 11 is 1.42. The van der Waals surface area contributed by atoms with Crippen molar-refractivity contribution in [3.05, 3.63) is 17.0 Å². The molecule has 1 aliphatic rings. The second-order valence-electron chi connectivity index (χ2n) is 5.79. The molecule has 6 heteroatoms. The summed E-state index contributed by atoms with van der Waals surface area (Å²) in [6, 6.07) is 3.93. The van der Waals surface area contributed by atoms with Crippen LogP contribution in [0.25, 0.3) is 0 Å². The van der Waals surface area contributed by atoms with Gasteiger partial charge in [-0.05, 0) is 58.3 Å². The Balaban J connectivity index is 2.15. The molecule has 0 spiro atoms. The summed E-state index contributed by atoms with van der Waals surface area (Å²) in [5, 5.41) is 3.27. The fraction of sp³-hybridized carbons (Fsp3) is 0.733. The Hall–Kier alpha value is -0.430. The summed E-state index contributed by atoms with van der Waals surface area (Å²) in [7, 11) is -3.34. The average Bonchev–Trinajstić information content (AvgIpc) is 2.88. The topological polar surface area (TPSA) is 49.4 Å². The van der Waals surface area contributed by atoms with Crippen molar-refractivity contribution in [2.24, 2.45) is 0 Å². The van der Waals surface area contributed by atoms with Crippen LogP contribution >= 0.6 is 11.3 Å². The van der Waals surface area contributed by atoms with Crippen LogP contribution in [-0.2, 0) is 16.4 Å². The van der Waals surface area contributed by atoms with Crippen LogP contribution in [0.4, 0.5) is 0 Å². The van der Waals surface area contributed by atoms with Crippen molar-refractivity contribution in [2.75, 3.05) is 13.1 Å². The number of nitrogens with one attached hydrogen (secondary N) is 1. The molecule has 1 saturated heterocycles. The highest BCUT2D eigenvalue weighted by Gasteiger charge is 2.36. The Morgan fingerprint density at radius 1 is 1.29 bits per heavy atom. The first kappa shape index (κ1) is 16.9. The van der Waals surface area contributed by atoms with Crippen molar-refractivity contribution in [1.29, 1.82) is 0 Å². The molecule has 0 bridgehead atoms. The number of nitrogens with zero attached hydrogens (tertiary/aromatic N) is 1. The van der Waals surface area contributed by atoms with Gasteiger partial charge in [-0.2, -0.15) is 4.31 Å². The van der Waals surface area contributed by atoms with Crippen LogP contribution in [0, 0.1) is 0 Å². The summed E-state index contributed by atoms with van der Waals surface area (Å²) < 4.78 is 28.0. The van der Waals surface area contributed by atoms with Crippen LogP contribution in [0.1, 0.15) is 44.9 Å². The molecule has 1 N–H and O–H groups in total.